The Bertz CT molecular complexity index is 1100. The predicted octanol–water partition coefficient (Wildman–Crippen LogP) is 5.83. The molecule has 0 spiro atoms. The van der Waals surface area contributed by atoms with Gasteiger partial charge in [0.1, 0.15) is 0 Å². The molecule has 1 aromatic heterocycles. The molecule has 5 aromatic rings. The number of benzene rings is 4. The lowest BCUT2D eigenvalue weighted by molar-refractivity contribution is 1.55. The molecule has 0 aliphatic rings. The smallest absolute Gasteiger partial charge is 0.0472 e. The molecule has 0 aliphatic heterocycles. The van der Waals surface area contributed by atoms with E-state index in [0.717, 1.165) is 4.47 Å². The Morgan fingerprint density at radius 3 is 2.20 bits per heavy atom. The lowest BCUT2D eigenvalue weighted by Crippen LogP contribution is -1.82. The van der Waals surface area contributed by atoms with Gasteiger partial charge in [-0.3, -0.25) is 0 Å². The summed E-state index contributed by atoms with van der Waals surface area (Å²) in [5.74, 6) is 0. The molecule has 0 amide bonds. The normalized spacial score (nSPS) is 12.2. The van der Waals surface area contributed by atoms with Crippen molar-refractivity contribution >= 4 is 59.3 Å². The van der Waals surface area contributed by atoms with Crippen molar-refractivity contribution in [3.63, 3.8) is 0 Å². The fourth-order valence-corrected chi connectivity index (χ4v) is 3.98. The highest BCUT2D eigenvalue weighted by atomic mass is 79.9. The Morgan fingerprint density at radius 1 is 0.600 bits per heavy atom. The van der Waals surface area contributed by atoms with Gasteiger partial charge in [-0.15, -0.1) is 0 Å². The molecule has 94 valence electrons. The van der Waals surface area contributed by atoms with E-state index in [0.29, 0.717) is 0 Å². The number of halogens is 1. The molecule has 0 bridgehead atoms. The third-order valence-corrected chi connectivity index (χ3v) is 4.89. The van der Waals surface area contributed by atoms with Crippen LogP contribution in [0.3, 0.4) is 0 Å². The summed E-state index contributed by atoms with van der Waals surface area (Å²) in [7, 11) is 0. The van der Waals surface area contributed by atoms with Crippen molar-refractivity contribution in [2.24, 2.45) is 0 Å². The molecule has 0 atom stereocenters. The number of hydrogen-bond donors (Lipinski definition) is 1. The van der Waals surface area contributed by atoms with Crippen LogP contribution < -0.4 is 0 Å². The van der Waals surface area contributed by atoms with E-state index in [4.69, 9.17) is 0 Å². The molecule has 4 aromatic carbocycles. The maximum Gasteiger partial charge on any atom is 0.0472 e. The molecule has 0 saturated carbocycles. The third-order valence-electron chi connectivity index (χ3n) is 4.22. The number of fused-ring (bicyclic) bond motifs is 3. The average molecular weight is 320 g/mol. The van der Waals surface area contributed by atoms with Crippen molar-refractivity contribution in [1.82, 2.24) is 4.98 Å². The summed E-state index contributed by atoms with van der Waals surface area (Å²) < 4.78 is 1.16. The van der Waals surface area contributed by atoms with Gasteiger partial charge < -0.3 is 4.98 Å². The first-order chi connectivity index (χ1) is 9.84. The zero-order valence-corrected chi connectivity index (χ0v) is 12.2. The van der Waals surface area contributed by atoms with Gasteiger partial charge in [0.25, 0.3) is 0 Å². The monoisotopic (exact) mass is 319 g/mol. The van der Waals surface area contributed by atoms with E-state index in [9.17, 15) is 0 Å². The second kappa shape index (κ2) is 3.53. The number of hydrogen-bond acceptors (Lipinski definition) is 0. The molecular weight excluding hydrogens is 310 g/mol. The Morgan fingerprint density at radius 2 is 1.30 bits per heavy atom. The van der Waals surface area contributed by atoms with Crippen LogP contribution in [-0.2, 0) is 0 Å². The van der Waals surface area contributed by atoms with Gasteiger partial charge in [-0.05, 0) is 34.4 Å². The summed E-state index contributed by atoms with van der Waals surface area (Å²) >= 11 is 3.73. The fourth-order valence-electron chi connectivity index (χ4n) is 3.44. The first-order valence-corrected chi connectivity index (χ1v) is 7.46. The Balaban J connectivity index is 2.34. The SMILES string of the molecule is Brc1ccc2[nH]c3cccc4c5ccccc5c1c2c34. The maximum atomic E-state index is 3.73. The molecule has 20 heavy (non-hydrogen) atoms. The van der Waals surface area contributed by atoms with Crippen LogP contribution in [0.4, 0.5) is 0 Å². The molecular formula is C18H10BrN. The summed E-state index contributed by atoms with van der Waals surface area (Å²) in [4.78, 5) is 3.54. The zero-order valence-electron chi connectivity index (χ0n) is 10.6. The molecule has 0 radical (unpaired) electrons. The van der Waals surface area contributed by atoms with Gasteiger partial charge in [-0.1, -0.05) is 52.3 Å². The molecule has 0 fully saturated rings. The first kappa shape index (κ1) is 10.7. The average Bonchev–Trinajstić information content (AvgIpc) is 2.86. The Hall–Kier alpha value is -2.06. The zero-order chi connectivity index (χ0) is 13.3. The van der Waals surface area contributed by atoms with E-state index >= 15 is 0 Å². The topological polar surface area (TPSA) is 15.8 Å². The maximum absolute atomic E-state index is 3.73. The third kappa shape index (κ3) is 1.14. The lowest BCUT2D eigenvalue weighted by atomic mass is 9.94. The molecule has 1 N–H and O–H groups in total. The molecule has 1 nitrogen and oxygen atoms in total. The minimum Gasteiger partial charge on any atom is -0.354 e. The first-order valence-electron chi connectivity index (χ1n) is 6.67. The largest absolute Gasteiger partial charge is 0.354 e. The van der Waals surface area contributed by atoms with E-state index in [2.05, 4.69) is 75.5 Å². The molecule has 0 unspecified atom stereocenters. The molecule has 0 aliphatic carbocycles. The molecule has 0 saturated heterocycles. The molecule has 2 heteroatoms. The summed E-state index contributed by atoms with van der Waals surface area (Å²) in [5, 5.41) is 7.95. The number of aromatic nitrogens is 1. The second-order valence-electron chi connectivity index (χ2n) is 5.24. The highest BCUT2D eigenvalue weighted by Crippen LogP contribution is 2.43. The minimum atomic E-state index is 1.16. The van der Waals surface area contributed by atoms with Crippen LogP contribution in [0.15, 0.2) is 59.1 Å². The van der Waals surface area contributed by atoms with E-state index < -0.39 is 0 Å². The fraction of sp³-hybridized carbons (Fsp3) is 0. The van der Waals surface area contributed by atoms with Gasteiger partial charge >= 0.3 is 0 Å². The Kier molecular flexibility index (Phi) is 1.89. The van der Waals surface area contributed by atoms with Crippen molar-refractivity contribution in [1.29, 1.82) is 0 Å². The predicted molar refractivity (Wildman–Crippen MR) is 89.7 cm³/mol. The van der Waals surface area contributed by atoms with Crippen molar-refractivity contribution < 1.29 is 0 Å². The Labute approximate surface area is 123 Å². The van der Waals surface area contributed by atoms with Crippen molar-refractivity contribution in [3.05, 3.63) is 59.1 Å². The highest BCUT2D eigenvalue weighted by Gasteiger charge is 2.16. The van der Waals surface area contributed by atoms with E-state index in [1.165, 1.54) is 43.4 Å². The molecule has 5 rings (SSSR count). The van der Waals surface area contributed by atoms with Gasteiger partial charge in [-0.2, -0.15) is 0 Å². The van der Waals surface area contributed by atoms with Crippen LogP contribution in [0, 0.1) is 0 Å². The van der Waals surface area contributed by atoms with Gasteiger partial charge in [0.05, 0.1) is 0 Å². The van der Waals surface area contributed by atoms with Gasteiger partial charge in [-0.25, -0.2) is 0 Å². The van der Waals surface area contributed by atoms with Crippen LogP contribution in [0.1, 0.15) is 0 Å². The van der Waals surface area contributed by atoms with Crippen LogP contribution in [0.25, 0.3) is 43.4 Å². The number of H-pyrrole nitrogens is 1. The van der Waals surface area contributed by atoms with Crippen molar-refractivity contribution in [3.8, 4) is 0 Å². The van der Waals surface area contributed by atoms with E-state index in [1.54, 1.807) is 0 Å². The number of rotatable bonds is 0. The lowest BCUT2D eigenvalue weighted by Gasteiger charge is -2.09. The van der Waals surface area contributed by atoms with Gasteiger partial charge in [0, 0.05) is 31.7 Å². The standard InChI is InChI=1S/C18H10BrN/c19-13-8-9-15-18-16(13)11-5-2-1-4-10(11)12-6-3-7-14(20-15)17(12)18/h1-9,20H. The van der Waals surface area contributed by atoms with E-state index in [1.807, 2.05) is 0 Å². The molecule has 1 heterocycles. The highest BCUT2D eigenvalue weighted by molar-refractivity contribution is 9.10. The van der Waals surface area contributed by atoms with Crippen molar-refractivity contribution in [2.75, 3.05) is 0 Å². The quantitative estimate of drug-likeness (QED) is 0.346. The van der Waals surface area contributed by atoms with Crippen LogP contribution in [0.5, 0.6) is 0 Å². The van der Waals surface area contributed by atoms with Crippen LogP contribution in [-0.4, -0.2) is 4.98 Å². The van der Waals surface area contributed by atoms with Crippen molar-refractivity contribution in [2.45, 2.75) is 0 Å². The van der Waals surface area contributed by atoms with Crippen LogP contribution in [0.2, 0.25) is 0 Å². The second-order valence-corrected chi connectivity index (χ2v) is 6.10. The summed E-state index contributed by atoms with van der Waals surface area (Å²) in [6.07, 6.45) is 0. The van der Waals surface area contributed by atoms with Gasteiger partial charge in [0.15, 0.2) is 0 Å². The summed E-state index contributed by atoms with van der Waals surface area (Å²) in [6, 6.07) is 19.4. The van der Waals surface area contributed by atoms with Gasteiger partial charge in [0.2, 0.25) is 0 Å². The number of nitrogens with one attached hydrogen (secondary N) is 1. The summed E-state index contributed by atoms with van der Waals surface area (Å²) in [6.45, 7) is 0. The minimum absolute atomic E-state index is 1.16. The van der Waals surface area contributed by atoms with Crippen LogP contribution >= 0.6 is 15.9 Å². The number of aromatic amines is 1. The van der Waals surface area contributed by atoms with E-state index in [-0.39, 0.29) is 0 Å². The summed E-state index contributed by atoms with van der Waals surface area (Å²) in [5.41, 5.74) is 2.42.